The third-order valence-electron chi connectivity index (χ3n) is 3.70. The molecule has 0 saturated carbocycles. The number of hydrogen-bond acceptors (Lipinski definition) is 4. The zero-order valence-corrected chi connectivity index (χ0v) is 12.8. The van der Waals surface area contributed by atoms with E-state index in [0.29, 0.717) is 18.1 Å². The van der Waals surface area contributed by atoms with Crippen LogP contribution in [0.5, 0.6) is 0 Å². The highest BCUT2D eigenvalue weighted by atomic mass is 19.1. The van der Waals surface area contributed by atoms with Crippen LogP contribution in [0.25, 0.3) is 0 Å². The zero-order chi connectivity index (χ0) is 16.6. The molecule has 1 amide bonds. The summed E-state index contributed by atoms with van der Waals surface area (Å²) in [6, 6.07) is 4.72. The Morgan fingerprint density at radius 3 is 2.57 bits per heavy atom. The van der Waals surface area contributed by atoms with Crippen molar-refractivity contribution < 1.29 is 13.6 Å². The minimum atomic E-state index is -0.743. The van der Waals surface area contributed by atoms with Crippen LogP contribution in [0.3, 0.4) is 0 Å². The van der Waals surface area contributed by atoms with Gasteiger partial charge in [-0.05, 0) is 32.4 Å². The highest BCUT2D eigenvalue weighted by Crippen LogP contribution is 2.28. The van der Waals surface area contributed by atoms with Gasteiger partial charge in [0.25, 0.3) is 0 Å². The topological polar surface area (TPSA) is 58.1 Å². The van der Waals surface area contributed by atoms with E-state index < -0.39 is 17.7 Å². The Morgan fingerprint density at radius 2 is 1.91 bits per heavy atom. The van der Waals surface area contributed by atoms with Gasteiger partial charge in [0.05, 0.1) is 0 Å². The second-order valence-electron chi connectivity index (χ2n) is 5.49. The number of rotatable bonds is 3. The summed E-state index contributed by atoms with van der Waals surface area (Å²) in [5, 5.41) is 3.02. The fourth-order valence-corrected chi connectivity index (χ4v) is 2.75. The van der Waals surface area contributed by atoms with Gasteiger partial charge in [0, 0.05) is 18.3 Å². The van der Waals surface area contributed by atoms with Crippen molar-refractivity contribution in [2.24, 2.45) is 0 Å². The molecule has 2 heterocycles. The van der Waals surface area contributed by atoms with E-state index in [1.165, 1.54) is 6.07 Å². The average Bonchev–Trinajstić information content (AvgIpc) is 2.79. The first-order valence-electron chi connectivity index (χ1n) is 7.30. The molecule has 1 fully saturated rings. The van der Waals surface area contributed by atoms with Crippen molar-refractivity contribution in [1.29, 1.82) is 0 Å². The molecule has 1 saturated heterocycles. The quantitative estimate of drug-likeness (QED) is 0.945. The van der Waals surface area contributed by atoms with Crippen LogP contribution >= 0.6 is 0 Å². The first-order valence-corrected chi connectivity index (χ1v) is 7.30. The second-order valence-corrected chi connectivity index (χ2v) is 5.49. The molecule has 23 heavy (non-hydrogen) atoms. The summed E-state index contributed by atoms with van der Waals surface area (Å²) in [5.74, 6) is -0.734. The molecule has 0 spiro atoms. The first kappa shape index (κ1) is 15.3. The smallest absolute Gasteiger partial charge is 0.249 e. The van der Waals surface area contributed by atoms with Crippen molar-refractivity contribution >= 4 is 17.4 Å². The van der Waals surface area contributed by atoms with Gasteiger partial charge in [-0.15, -0.1) is 0 Å². The number of amides is 1. The summed E-state index contributed by atoms with van der Waals surface area (Å²) in [7, 11) is 0. The van der Waals surface area contributed by atoms with Gasteiger partial charge in [-0.25, -0.2) is 18.7 Å². The largest absolute Gasteiger partial charge is 0.358 e. The van der Waals surface area contributed by atoms with E-state index in [0.717, 1.165) is 22.7 Å². The van der Waals surface area contributed by atoms with Crippen LogP contribution in [0.2, 0.25) is 0 Å². The second kappa shape index (κ2) is 5.91. The molecule has 3 rings (SSSR count). The van der Waals surface area contributed by atoms with Crippen LogP contribution < -0.4 is 10.2 Å². The zero-order valence-electron chi connectivity index (χ0n) is 12.8. The molecule has 5 nitrogen and oxygen atoms in total. The maximum absolute atomic E-state index is 13.9. The molecule has 0 aliphatic carbocycles. The number of carbonyl (C=O) groups is 1. The van der Waals surface area contributed by atoms with E-state index >= 15 is 0 Å². The van der Waals surface area contributed by atoms with E-state index in [2.05, 4.69) is 15.3 Å². The Morgan fingerprint density at radius 1 is 1.22 bits per heavy atom. The predicted octanol–water partition coefficient (Wildman–Crippen LogP) is 2.59. The molecule has 7 heteroatoms. The van der Waals surface area contributed by atoms with E-state index in [9.17, 15) is 13.6 Å². The third kappa shape index (κ3) is 2.99. The van der Waals surface area contributed by atoms with E-state index in [1.54, 1.807) is 13.0 Å². The van der Waals surface area contributed by atoms with E-state index in [1.807, 2.05) is 6.92 Å². The summed E-state index contributed by atoms with van der Waals surface area (Å²) in [4.78, 5) is 22.0. The van der Waals surface area contributed by atoms with Gasteiger partial charge >= 0.3 is 0 Å². The lowest BCUT2D eigenvalue weighted by atomic mass is 10.2. The molecule has 120 valence electrons. The molecule has 1 aliphatic rings. The number of benzene rings is 1. The first-order chi connectivity index (χ1) is 11.0. The van der Waals surface area contributed by atoms with Crippen molar-refractivity contribution in [2.45, 2.75) is 26.3 Å². The normalized spacial score (nSPS) is 17.7. The van der Waals surface area contributed by atoms with Crippen LogP contribution in [0, 0.1) is 25.5 Å². The number of aromatic nitrogens is 2. The van der Waals surface area contributed by atoms with Crippen molar-refractivity contribution in [1.82, 2.24) is 9.97 Å². The van der Waals surface area contributed by atoms with E-state index in [4.69, 9.17) is 0 Å². The van der Waals surface area contributed by atoms with Crippen LogP contribution in [-0.2, 0) is 4.79 Å². The SMILES string of the molecule is Cc1cc(NC2CCN(c3c(F)cccc3F)C2=O)nc(C)n1. The van der Waals surface area contributed by atoms with Gasteiger partial charge in [-0.2, -0.15) is 0 Å². The number of carbonyl (C=O) groups excluding carboxylic acids is 1. The highest BCUT2D eigenvalue weighted by molar-refractivity contribution is 6.01. The number of aryl methyl sites for hydroxylation is 2. The molecular formula is C16H16F2N4O. The lowest BCUT2D eigenvalue weighted by molar-refractivity contribution is -0.117. The fourth-order valence-electron chi connectivity index (χ4n) is 2.75. The number of para-hydroxylation sites is 1. The summed E-state index contributed by atoms with van der Waals surface area (Å²) in [6.07, 6.45) is 0.439. The Bertz CT molecular complexity index is 725. The minimum Gasteiger partial charge on any atom is -0.358 e. The monoisotopic (exact) mass is 318 g/mol. The Labute approximate surface area is 132 Å². The highest BCUT2D eigenvalue weighted by Gasteiger charge is 2.35. The Kier molecular flexibility index (Phi) is 3.94. The predicted molar refractivity (Wildman–Crippen MR) is 82.2 cm³/mol. The van der Waals surface area contributed by atoms with Gasteiger partial charge in [0.2, 0.25) is 5.91 Å². The number of hydrogen-bond donors (Lipinski definition) is 1. The standard InChI is InChI=1S/C16H16F2N4O/c1-9-8-14(20-10(2)19-9)21-13-6-7-22(16(13)23)15-11(17)4-3-5-12(15)18/h3-5,8,13H,6-7H2,1-2H3,(H,19,20,21). The number of anilines is 2. The number of nitrogens with zero attached hydrogens (tertiary/aromatic N) is 3. The summed E-state index contributed by atoms with van der Waals surface area (Å²) in [5.41, 5.74) is 0.485. The lowest BCUT2D eigenvalue weighted by Gasteiger charge is -2.18. The van der Waals surface area contributed by atoms with Gasteiger partial charge in [-0.3, -0.25) is 4.79 Å². The summed E-state index contributed by atoms with van der Waals surface area (Å²) in [6.45, 7) is 3.84. The molecule has 2 aromatic rings. The average molecular weight is 318 g/mol. The van der Waals surface area contributed by atoms with E-state index in [-0.39, 0.29) is 18.1 Å². The molecule has 1 aliphatic heterocycles. The molecule has 0 bridgehead atoms. The Balaban J connectivity index is 1.82. The van der Waals surface area contributed by atoms with Crippen molar-refractivity contribution in [2.75, 3.05) is 16.8 Å². The fraction of sp³-hybridized carbons (Fsp3) is 0.312. The molecule has 1 atom stereocenters. The third-order valence-corrected chi connectivity index (χ3v) is 3.70. The number of nitrogens with one attached hydrogen (secondary N) is 1. The Hall–Kier alpha value is -2.57. The van der Waals surface area contributed by atoms with Crippen LogP contribution in [0.15, 0.2) is 24.3 Å². The van der Waals surface area contributed by atoms with Gasteiger partial charge in [-0.1, -0.05) is 6.07 Å². The molecule has 1 aromatic carbocycles. The summed E-state index contributed by atoms with van der Waals surface area (Å²) < 4.78 is 27.7. The lowest BCUT2D eigenvalue weighted by Crippen LogP contribution is -2.34. The van der Waals surface area contributed by atoms with Crippen molar-refractivity contribution in [3.05, 3.63) is 47.4 Å². The van der Waals surface area contributed by atoms with Crippen LogP contribution in [-0.4, -0.2) is 28.5 Å². The maximum atomic E-state index is 13.9. The summed E-state index contributed by atoms with van der Waals surface area (Å²) >= 11 is 0. The minimum absolute atomic E-state index is 0.247. The van der Waals surface area contributed by atoms with Gasteiger partial charge in [0.15, 0.2) is 0 Å². The van der Waals surface area contributed by atoms with Gasteiger partial charge < -0.3 is 10.2 Å². The molecule has 0 radical (unpaired) electrons. The molecule has 1 N–H and O–H groups in total. The van der Waals surface area contributed by atoms with Gasteiger partial charge in [0.1, 0.15) is 35.0 Å². The van der Waals surface area contributed by atoms with Crippen LogP contribution in [0.4, 0.5) is 20.3 Å². The molecular weight excluding hydrogens is 302 g/mol. The molecule has 1 unspecified atom stereocenters. The van der Waals surface area contributed by atoms with Crippen LogP contribution in [0.1, 0.15) is 17.9 Å². The van der Waals surface area contributed by atoms with Crippen molar-refractivity contribution in [3.8, 4) is 0 Å². The van der Waals surface area contributed by atoms with Crippen molar-refractivity contribution in [3.63, 3.8) is 0 Å². The number of halogens is 2. The maximum Gasteiger partial charge on any atom is 0.249 e. The molecule has 1 aromatic heterocycles.